The molecule has 4 nitrogen and oxygen atoms in total. The minimum absolute atomic E-state index is 0.150. The second kappa shape index (κ2) is 9.66. The van der Waals surface area contributed by atoms with Gasteiger partial charge < -0.3 is 14.8 Å². The number of nitrogens with one attached hydrogen (secondary N) is 1. The molecular formula is C15H23NO3S. The highest BCUT2D eigenvalue weighted by Gasteiger charge is 2.15. The fourth-order valence-electron chi connectivity index (χ4n) is 1.85. The molecule has 0 saturated carbocycles. The molecule has 0 aromatic heterocycles. The van der Waals surface area contributed by atoms with E-state index < -0.39 is 0 Å². The molecule has 0 amide bonds. The second-order valence-corrected chi connectivity index (χ2v) is 5.16. The van der Waals surface area contributed by atoms with E-state index in [-0.39, 0.29) is 12.0 Å². The molecule has 0 aliphatic carbocycles. The number of thioether (sulfide) groups is 1. The Morgan fingerprint density at radius 1 is 1.30 bits per heavy atom. The number of esters is 1. The number of ether oxygens (including phenoxy) is 2. The molecule has 20 heavy (non-hydrogen) atoms. The van der Waals surface area contributed by atoms with E-state index in [0.717, 1.165) is 17.1 Å². The Balaban J connectivity index is 2.59. The molecular weight excluding hydrogens is 274 g/mol. The molecule has 0 heterocycles. The van der Waals surface area contributed by atoms with Crippen LogP contribution in [0, 0.1) is 0 Å². The fourth-order valence-corrected chi connectivity index (χ4v) is 2.80. The van der Waals surface area contributed by atoms with Crippen molar-refractivity contribution in [3.63, 3.8) is 0 Å². The van der Waals surface area contributed by atoms with Crippen molar-refractivity contribution >= 4 is 17.7 Å². The molecule has 1 aromatic rings. The third-order valence-electron chi connectivity index (χ3n) is 2.75. The third-order valence-corrected chi connectivity index (χ3v) is 3.76. The fraction of sp³-hybridized carbons (Fsp3) is 0.533. The molecule has 0 fully saturated rings. The molecule has 1 atom stereocenters. The topological polar surface area (TPSA) is 47.6 Å². The third kappa shape index (κ3) is 5.43. The van der Waals surface area contributed by atoms with Gasteiger partial charge in [-0.2, -0.15) is 0 Å². The van der Waals surface area contributed by atoms with E-state index in [2.05, 4.69) is 11.4 Å². The van der Waals surface area contributed by atoms with Crippen LogP contribution in [0.4, 0.5) is 0 Å². The summed E-state index contributed by atoms with van der Waals surface area (Å²) >= 11 is 1.56. The van der Waals surface area contributed by atoms with E-state index >= 15 is 0 Å². The van der Waals surface area contributed by atoms with Crippen LogP contribution in [0.1, 0.15) is 25.5 Å². The first-order chi connectivity index (χ1) is 9.72. The Morgan fingerprint density at radius 3 is 2.70 bits per heavy atom. The summed E-state index contributed by atoms with van der Waals surface area (Å²) < 4.78 is 10.6. The van der Waals surface area contributed by atoms with Crippen molar-refractivity contribution in [2.75, 3.05) is 31.8 Å². The van der Waals surface area contributed by atoms with Gasteiger partial charge in [-0.1, -0.05) is 18.2 Å². The predicted octanol–water partition coefficient (Wildman–Crippen LogP) is 2.64. The first-order valence-corrected chi connectivity index (χ1v) is 8.00. The molecule has 0 saturated heterocycles. The van der Waals surface area contributed by atoms with Crippen LogP contribution in [0.2, 0.25) is 0 Å². The molecule has 0 aliphatic rings. The van der Waals surface area contributed by atoms with Gasteiger partial charge in [0.1, 0.15) is 5.75 Å². The Hall–Kier alpha value is -1.20. The summed E-state index contributed by atoms with van der Waals surface area (Å²) in [5.74, 6) is 1.90. The highest BCUT2D eigenvalue weighted by molar-refractivity contribution is 7.99. The number of hydrogen-bond acceptors (Lipinski definition) is 5. The highest BCUT2D eigenvalue weighted by atomic mass is 32.2. The largest absolute Gasteiger partial charge is 0.494 e. The van der Waals surface area contributed by atoms with Gasteiger partial charge in [0.2, 0.25) is 0 Å². The van der Waals surface area contributed by atoms with Crippen LogP contribution in [0.5, 0.6) is 5.75 Å². The van der Waals surface area contributed by atoms with Gasteiger partial charge in [0.15, 0.2) is 0 Å². The molecule has 0 aliphatic heterocycles. The summed E-state index contributed by atoms with van der Waals surface area (Å²) in [6.07, 6.45) is 0. The van der Waals surface area contributed by atoms with Gasteiger partial charge in [-0.05, 0) is 27.0 Å². The van der Waals surface area contributed by atoms with Crippen LogP contribution in [-0.2, 0) is 9.53 Å². The molecule has 1 unspecified atom stereocenters. The van der Waals surface area contributed by atoms with E-state index in [1.807, 2.05) is 39.1 Å². The molecule has 0 spiro atoms. The van der Waals surface area contributed by atoms with Gasteiger partial charge in [-0.25, -0.2) is 0 Å². The van der Waals surface area contributed by atoms with Crippen LogP contribution in [0.3, 0.4) is 0 Å². The van der Waals surface area contributed by atoms with Crippen molar-refractivity contribution in [1.29, 1.82) is 0 Å². The zero-order valence-corrected chi connectivity index (χ0v) is 13.2. The first-order valence-electron chi connectivity index (χ1n) is 6.85. The molecule has 0 bridgehead atoms. The summed E-state index contributed by atoms with van der Waals surface area (Å²) in [6.45, 7) is 4.86. The zero-order chi connectivity index (χ0) is 14.8. The van der Waals surface area contributed by atoms with Gasteiger partial charge >= 0.3 is 5.97 Å². The predicted molar refractivity (Wildman–Crippen MR) is 83.4 cm³/mol. The van der Waals surface area contributed by atoms with E-state index in [1.54, 1.807) is 11.8 Å². The Bertz CT molecular complexity index is 412. The minimum atomic E-state index is -0.162. The monoisotopic (exact) mass is 297 g/mol. The van der Waals surface area contributed by atoms with E-state index in [9.17, 15) is 4.79 Å². The van der Waals surface area contributed by atoms with Crippen molar-refractivity contribution in [3.05, 3.63) is 29.8 Å². The van der Waals surface area contributed by atoms with Gasteiger partial charge in [0.25, 0.3) is 0 Å². The Morgan fingerprint density at radius 2 is 2.05 bits per heavy atom. The number of carbonyl (C=O) groups excluding carboxylic acids is 1. The van der Waals surface area contributed by atoms with Crippen molar-refractivity contribution < 1.29 is 14.3 Å². The molecule has 5 heteroatoms. The summed E-state index contributed by atoms with van der Waals surface area (Å²) in [6, 6.07) is 8.14. The van der Waals surface area contributed by atoms with Crippen molar-refractivity contribution in [1.82, 2.24) is 5.32 Å². The lowest BCUT2D eigenvalue weighted by Crippen LogP contribution is -2.20. The summed E-state index contributed by atoms with van der Waals surface area (Å²) in [7, 11) is 1.91. The normalized spacial score (nSPS) is 11.9. The highest BCUT2D eigenvalue weighted by Crippen LogP contribution is 2.27. The quantitative estimate of drug-likeness (QED) is 0.710. The molecule has 1 N–H and O–H groups in total. The average Bonchev–Trinajstić information content (AvgIpc) is 2.45. The van der Waals surface area contributed by atoms with E-state index in [1.165, 1.54) is 0 Å². The lowest BCUT2D eigenvalue weighted by Gasteiger charge is -2.19. The standard InChI is InChI=1S/C15H23NO3S/c1-4-18-14-9-7-6-8-12(14)13(16-3)10-20-11-15(17)19-5-2/h6-9,13,16H,4-5,10-11H2,1-3H3. The molecule has 112 valence electrons. The molecule has 1 rings (SSSR count). The smallest absolute Gasteiger partial charge is 0.315 e. The van der Waals surface area contributed by atoms with Crippen LogP contribution < -0.4 is 10.1 Å². The van der Waals surface area contributed by atoms with Gasteiger partial charge in [0, 0.05) is 17.4 Å². The maximum atomic E-state index is 11.3. The zero-order valence-electron chi connectivity index (χ0n) is 12.3. The van der Waals surface area contributed by atoms with Gasteiger partial charge in [0.05, 0.1) is 19.0 Å². The van der Waals surface area contributed by atoms with E-state index in [4.69, 9.17) is 9.47 Å². The van der Waals surface area contributed by atoms with Gasteiger partial charge in [-0.15, -0.1) is 11.8 Å². The second-order valence-electron chi connectivity index (χ2n) is 4.13. The van der Waals surface area contributed by atoms with Crippen LogP contribution in [0.15, 0.2) is 24.3 Å². The number of benzene rings is 1. The Kier molecular flexibility index (Phi) is 8.14. The first kappa shape index (κ1) is 16.9. The summed E-state index contributed by atoms with van der Waals surface area (Å²) in [5.41, 5.74) is 1.12. The number of carbonyl (C=O) groups is 1. The van der Waals surface area contributed by atoms with Crippen molar-refractivity contribution in [2.45, 2.75) is 19.9 Å². The van der Waals surface area contributed by atoms with Crippen LogP contribution in [-0.4, -0.2) is 37.7 Å². The maximum Gasteiger partial charge on any atom is 0.315 e. The summed E-state index contributed by atoms with van der Waals surface area (Å²) in [4.78, 5) is 11.3. The van der Waals surface area contributed by atoms with E-state index in [0.29, 0.717) is 19.0 Å². The lowest BCUT2D eigenvalue weighted by molar-refractivity contribution is -0.139. The van der Waals surface area contributed by atoms with Gasteiger partial charge in [-0.3, -0.25) is 4.79 Å². The SMILES string of the molecule is CCOC(=O)CSCC(NC)c1ccccc1OCC. The lowest BCUT2D eigenvalue weighted by atomic mass is 10.1. The van der Waals surface area contributed by atoms with Crippen molar-refractivity contribution in [2.24, 2.45) is 0 Å². The van der Waals surface area contributed by atoms with Crippen LogP contribution in [0.25, 0.3) is 0 Å². The number of rotatable bonds is 9. The average molecular weight is 297 g/mol. The summed E-state index contributed by atoms with van der Waals surface area (Å²) in [5, 5.41) is 3.27. The Labute approximate surface area is 125 Å². The van der Waals surface area contributed by atoms with Crippen molar-refractivity contribution in [3.8, 4) is 5.75 Å². The molecule has 0 radical (unpaired) electrons. The number of para-hydroxylation sites is 1. The minimum Gasteiger partial charge on any atom is -0.494 e. The number of hydrogen-bond donors (Lipinski definition) is 1. The van der Waals surface area contributed by atoms with Crippen LogP contribution >= 0.6 is 11.8 Å². The molecule has 1 aromatic carbocycles. The maximum absolute atomic E-state index is 11.3.